The molecule has 1 unspecified atom stereocenters. The lowest BCUT2D eigenvalue weighted by Crippen LogP contribution is -2.54. The summed E-state index contributed by atoms with van der Waals surface area (Å²) in [5, 5.41) is 6.46. The normalized spacial score (nSPS) is 26.1. The Bertz CT molecular complexity index is 1140. The average Bonchev–Trinajstić information content (AvgIpc) is 3.40. The first kappa shape index (κ1) is 20.5. The summed E-state index contributed by atoms with van der Waals surface area (Å²) in [6.07, 6.45) is 1.99. The van der Waals surface area contributed by atoms with Crippen molar-refractivity contribution in [3.8, 4) is 0 Å². The van der Waals surface area contributed by atoms with E-state index in [9.17, 15) is 19.2 Å². The highest BCUT2D eigenvalue weighted by Crippen LogP contribution is 2.32. The highest BCUT2D eigenvalue weighted by Gasteiger charge is 2.45. The standard InChI is InChI=1S/C22H24N6O4/c1-26-16(7-8-24-26)14-10-27(11-15(14)23)9-12-3-2-4-13-19(12)22(32)28(21(13)31)17-5-6-18(29)25-20(17)30/h2-4,7-8,14-15,17H,5-6,9-11,23H2,1H3,(H,25,29,30)/t14-,15-,17?/m1/s1. The number of carbonyl (C=O) groups is 4. The Labute approximate surface area is 184 Å². The van der Waals surface area contributed by atoms with Gasteiger partial charge in [-0.05, 0) is 24.1 Å². The first-order valence-corrected chi connectivity index (χ1v) is 10.6. The van der Waals surface area contributed by atoms with Gasteiger partial charge in [-0.1, -0.05) is 12.1 Å². The molecule has 3 N–H and O–H groups in total. The molecule has 3 aliphatic rings. The van der Waals surface area contributed by atoms with Gasteiger partial charge in [0.05, 0.1) is 11.1 Å². The van der Waals surface area contributed by atoms with E-state index < -0.39 is 29.7 Å². The summed E-state index contributed by atoms with van der Waals surface area (Å²) in [5.74, 6) is -1.86. The van der Waals surface area contributed by atoms with Crippen LogP contribution in [0.25, 0.3) is 0 Å². The van der Waals surface area contributed by atoms with Crippen LogP contribution < -0.4 is 11.1 Å². The maximum absolute atomic E-state index is 13.3. The van der Waals surface area contributed by atoms with Gasteiger partial charge in [-0.3, -0.25) is 39.0 Å². The monoisotopic (exact) mass is 436 g/mol. The number of benzene rings is 1. The molecule has 5 rings (SSSR count). The molecule has 3 aliphatic heterocycles. The summed E-state index contributed by atoms with van der Waals surface area (Å²) < 4.78 is 1.83. The molecule has 2 saturated heterocycles. The fraction of sp³-hybridized carbons (Fsp3) is 0.409. The number of carbonyl (C=O) groups excluding carboxylic acids is 4. The number of nitrogens with one attached hydrogen (secondary N) is 1. The van der Waals surface area contributed by atoms with Crippen molar-refractivity contribution in [2.45, 2.75) is 37.4 Å². The van der Waals surface area contributed by atoms with Gasteiger partial charge in [-0.15, -0.1) is 0 Å². The molecule has 0 radical (unpaired) electrons. The minimum Gasteiger partial charge on any atom is -0.326 e. The number of aromatic nitrogens is 2. The molecular formula is C22H24N6O4. The lowest BCUT2D eigenvalue weighted by molar-refractivity contribution is -0.136. The number of likely N-dealkylation sites (tertiary alicyclic amines) is 1. The van der Waals surface area contributed by atoms with Crippen LogP contribution in [0.3, 0.4) is 0 Å². The van der Waals surface area contributed by atoms with Crippen LogP contribution in [0.5, 0.6) is 0 Å². The number of hydrogen-bond acceptors (Lipinski definition) is 7. The fourth-order valence-electron chi connectivity index (χ4n) is 5.06. The van der Waals surface area contributed by atoms with Crippen molar-refractivity contribution < 1.29 is 19.2 Å². The minimum atomic E-state index is -0.970. The highest BCUT2D eigenvalue weighted by atomic mass is 16.2. The number of fused-ring (bicyclic) bond motifs is 1. The van der Waals surface area contributed by atoms with E-state index in [1.54, 1.807) is 18.3 Å². The van der Waals surface area contributed by atoms with Gasteiger partial charge < -0.3 is 5.73 Å². The van der Waals surface area contributed by atoms with Crippen LogP contribution in [0.4, 0.5) is 0 Å². The third-order valence-corrected chi connectivity index (χ3v) is 6.63. The molecule has 1 aromatic carbocycles. The van der Waals surface area contributed by atoms with Gasteiger partial charge in [0.2, 0.25) is 11.8 Å². The first-order valence-electron chi connectivity index (χ1n) is 10.6. The zero-order chi connectivity index (χ0) is 22.6. The lowest BCUT2D eigenvalue weighted by Gasteiger charge is -2.28. The molecule has 166 valence electrons. The lowest BCUT2D eigenvalue weighted by atomic mass is 10.0. The topological polar surface area (TPSA) is 131 Å². The maximum Gasteiger partial charge on any atom is 0.262 e. The minimum absolute atomic E-state index is 0.0699. The average molecular weight is 436 g/mol. The smallest absolute Gasteiger partial charge is 0.262 e. The van der Waals surface area contributed by atoms with Gasteiger partial charge in [0.25, 0.3) is 11.8 Å². The molecule has 4 heterocycles. The molecule has 32 heavy (non-hydrogen) atoms. The molecule has 4 amide bonds. The number of nitrogens with zero attached hydrogens (tertiary/aromatic N) is 4. The molecule has 0 spiro atoms. The molecule has 0 aliphatic carbocycles. The molecule has 0 bridgehead atoms. The number of amides is 4. The van der Waals surface area contributed by atoms with Crippen molar-refractivity contribution in [1.29, 1.82) is 0 Å². The quantitative estimate of drug-likeness (QED) is 0.632. The third-order valence-electron chi connectivity index (χ3n) is 6.63. The number of imide groups is 2. The van der Waals surface area contributed by atoms with Crippen LogP contribution >= 0.6 is 0 Å². The van der Waals surface area contributed by atoms with Crippen LogP contribution in [0.2, 0.25) is 0 Å². The Hall–Kier alpha value is -3.37. The molecule has 2 aromatic rings. The van der Waals surface area contributed by atoms with Gasteiger partial charge in [0, 0.05) is 57.0 Å². The summed E-state index contributed by atoms with van der Waals surface area (Å²) in [7, 11) is 1.89. The third kappa shape index (κ3) is 3.23. The number of hydrogen-bond donors (Lipinski definition) is 2. The van der Waals surface area contributed by atoms with E-state index >= 15 is 0 Å². The molecular weight excluding hydrogens is 412 g/mol. The van der Waals surface area contributed by atoms with Crippen molar-refractivity contribution in [1.82, 2.24) is 24.9 Å². The first-order chi connectivity index (χ1) is 15.3. The zero-order valence-electron chi connectivity index (χ0n) is 17.7. The van der Waals surface area contributed by atoms with E-state index in [2.05, 4.69) is 15.3 Å². The van der Waals surface area contributed by atoms with E-state index in [1.807, 2.05) is 23.9 Å². The molecule has 3 atom stereocenters. The van der Waals surface area contributed by atoms with E-state index in [0.29, 0.717) is 30.8 Å². The Kier molecular flexibility index (Phi) is 4.90. The van der Waals surface area contributed by atoms with E-state index in [1.165, 1.54) is 0 Å². The fourth-order valence-corrected chi connectivity index (χ4v) is 5.06. The second-order valence-corrected chi connectivity index (χ2v) is 8.63. The van der Waals surface area contributed by atoms with E-state index in [4.69, 9.17) is 5.73 Å². The van der Waals surface area contributed by atoms with Crippen LogP contribution in [0, 0.1) is 0 Å². The largest absolute Gasteiger partial charge is 0.326 e. The Morgan fingerprint density at radius 2 is 1.94 bits per heavy atom. The van der Waals surface area contributed by atoms with Crippen molar-refractivity contribution in [3.63, 3.8) is 0 Å². The number of piperidine rings is 1. The Balaban J connectivity index is 1.39. The second-order valence-electron chi connectivity index (χ2n) is 8.63. The summed E-state index contributed by atoms with van der Waals surface area (Å²) in [6, 6.07) is 6.12. The summed E-state index contributed by atoms with van der Waals surface area (Å²) in [6.45, 7) is 1.83. The zero-order valence-corrected chi connectivity index (χ0v) is 17.7. The molecule has 10 nitrogen and oxygen atoms in total. The van der Waals surface area contributed by atoms with E-state index in [-0.39, 0.29) is 24.8 Å². The summed E-state index contributed by atoms with van der Waals surface area (Å²) in [5.41, 5.74) is 8.83. The van der Waals surface area contributed by atoms with Crippen LogP contribution in [-0.4, -0.2) is 68.4 Å². The van der Waals surface area contributed by atoms with Gasteiger partial charge in [0.15, 0.2) is 0 Å². The second kappa shape index (κ2) is 7.64. The predicted molar refractivity (Wildman–Crippen MR) is 112 cm³/mol. The van der Waals surface area contributed by atoms with Crippen molar-refractivity contribution in [2.24, 2.45) is 12.8 Å². The van der Waals surface area contributed by atoms with Crippen molar-refractivity contribution in [2.75, 3.05) is 13.1 Å². The van der Waals surface area contributed by atoms with Crippen LogP contribution in [0.1, 0.15) is 50.7 Å². The van der Waals surface area contributed by atoms with Gasteiger partial charge in [-0.2, -0.15) is 5.10 Å². The molecule has 0 saturated carbocycles. The van der Waals surface area contributed by atoms with Crippen LogP contribution in [0.15, 0.2) is 30.5 Å². The molecule has 10 heteroatoms. The maximum atomic E-state index is 13.3. The number of aryl methyl sites for hydroxylation is 1. The number of rotatable bonds is 4. The van der Waals surface area contributed by atoms with Crippen LogP contribution in [-0.2, 0) is 23.2 Å². The van der Waals surface area contributed by atoms with Crippen molar-refractivity contribution >= 4 is 23.6 Å². The summed E-state index contributed by atoms with van der Waals surface area (Å²) >= 11 is 0. The van der Waals surface area contributed by atoms with Gasteiger partial charge in [-0.25, -0.2) is 0 Å². The SMILES string of the molecule is Cn1nccc1[C@@H]1CN(Cc2cccc3c2C(=O)N(C2CCC(=O)NC2=O)C3=O)C[C@H]1N. The summed E-state index contributed by atoms with van der Waals surface area (Å²) in [4.78, 5) is 53.2. The molecule has 2 fully saturated rings. The van der Waals surface area contributed by atoms with E-state index in [0.717, 1.165) is 16.2 Å². The Morgan fingerprint density at radius 1 is 1.12 bits per heavy atom. The Morgan fingerprint density at radius 3 is 2.66 bits per heavy atom. The van der Waals surface area contributed by atoms with Gasteiger partial charge >= 0.3 is 0 Å². The van der Waals surface area contributed by atoms with Crippen molar-refractivity contribution in [3.05, 3.63) is 52.8 Å². The number of nitrogens with two attached hydrogens (primary N) is 1. The van der Waals surface area contributed by atoms with Gasteiger partial charge in [0.1, 0.15) is 6.04 Å². The highest BCUT2D eigenvalue weighted by molar-refractivity contribution is 6.24. The predicted octanol–water partition coefficient (Wildman–Crippen LogP) is -0.252. The molecule has 1 aromatic heterocycles.